The van der Waals surface area contributed by atoms with Crippen LogP contribution in [0.25, 0.3) is 0 Å². The fourth-order valence-electron chi connectivity index (χ4n) is 1.39. The molecule has 2 heteroatoms. The predicted molar refractivity (Wildman–Crippen MR) is 52.7 cm³/mol. The van der Waals surface area contributed by atoms with E-state index in [4.69, 9.17) is 11.5 Å². The maximum atomic E-state index is 5.71. The third-order valence-corrected chi connectivity index (χ3v) is 2.45. The minimum atomic E-state index is 0.424. The lowest BCUT2D eigenvalue weighted by atomic mass is 10.1. The molecule has 0 aromatic heterocycles. The molecule has 1 fully saturated rings. The van der Waals surface area contributed by atoms with Gasteiger partial charge in [-0.05, 0) is 25.2 Å². The summed E-state index contributed by atoms with van der Waals surface area (Å²) < 4.78 is 0. The van der Waals surface area contributed by atoms with E-state index in [2.05, 4.69) is 13.0 Å². The minimum Gasteiger partial charge on any atom is -0.327 e. The van der Waals surface area contributed by atoms with Gasteiger partial charge in [0.25, 0.3) is 0 Å². The lowest BCUT2D eigenvalue weighted by Crippen LogP contribution is -2.05. The van der Waals surface area contributed by atoms with Gasteiger partial charge in [0, 0.05) is 12.6 Å². The Morgan fingerprint density at radius 1 is 1.58 bits per heavy atom. The number of rotatable bonds is 5. The molecule has 1 aliphatic rings. The van der Waals surface area contributed by atoms with Crippen LogP contribution in [-0.4, -0.2) is 12.6 Å². The molecule has 70 valence electrons. The number of hydrogen-bond donors (Lipinski definition) is 2. The van der Waals surface area contributed by atoms with Gasteiger partial charge in [0.15, 0.2) is 0 Å². The van der Waals surface area contributed by atoms with Gasteiger partial charge < -0.3 is 11.5 Å². The van der Waals surface area contributed by atoms with Crippen LogP contribution in [0.4, 0.5) is 0 Å². The molecule has 0 bridgehead atoms. The summed E-state index contributed by atoms with van der Waals surface area (Å²) in [6, 6.07) is 0.424. The molecule has 0 spiro atoms. The molecule has 0 aliphatic heterocycles. The minimum absolute atomic E-state index is 0.424. The van der Waals surface area contributed by atoms with Crippen molar-refractivity contribution in [1.82, 2.24) is 0 Å². The molecule has 0 radical (unpaired) electrons. The maximum Gasteiger partial charge on any atom is 0.0136 e. The van der Waals surface area contributed by atoms with Crippen LogP contribution in [0.15, 0.2) is 11.6 Å². The second-order valence-corrected chi connectivity index (χ2v) is 3.70. The Morgan fingerprint density at radius 3 is 2.67 bits per heavy atom. The van der Waals surface area contributed by atoms with Crippen LogP contribution in [-0.2, 0) is 0 Å². The highest BCUT2D eigenvalue weighted by molar-refractivity contribution is 5.13. The van der Waals surface area contributed by atoms with Crippen LogP contribution in [0.2, 0.25) is 0 Å². The van der Waals surface area contributed by atoms with Crippen molar-refractivity contribution in [1.29, 1.82) is 0 Å². The largest absolute Gasteiger partial charge is 0.327 e. The molecule has 1 unspecified atom stereocenters. The van der Waals surface area contributed by atoms with E-state index in [9.17, 15) is 0 Å². The first-order chi connectivity index (χ1) is 5.77. The molecule has 0 saturated heterocycles. The highest BCUT2D eigenvalue weighted by atomic mass is 14.7. The molecular weight excluding hydrogens is 148 g/mol. The highest BCUT2D eigenvalue weighted by Crippen LogP contribution is 2.30. The fraction of sp³-hybridized carbons (Fsp3) is 0.800. The van der Waals surface area contributed by atoms with Gasteiger partial charge in [-0.25, -0.2) is 0 Å². The van der Waals surface area contributed by atoms with E-state index in [0.717, 1.165) is 12.8 Å². The van der Waals surface area contributed by atoms with Crippen molar-refractivity contribution in [2.75, 3.05) is 6.54 Å². The molecule has 2 atom stereocenters. The van der Waals surface area contributed by atoms with E-state index in [-0.39, 0.29) is 0 Å². The summed E-state index contributed by atoms with van der Waals surface area (Å²) >= 11 is 0. The van der Waals surface area contributed by atoms with Crippen LogP contribution in [0.5, 0.6) is 0 Å². The molecule has 1 saturated carbocycles. The normalized spacial score (nSPS) is 29.1. The van der Waals surface area contributed by atoms with Gasteiger partial charge in [-0.2, -0.15) is 0 Å². The smallest absolute Gasteiger partial charge is 0.0136 e. The number of hydrogen-bond acceptors (Lipinski definition) is 2. The predicted octanol–water partition coefficient (Wildman–Crippen LogP) is 1.41. The molecule has 0 heterocycles. The van der Waals surface area contributed by atoms with Crippen molar-refractivity contribution in [3.05, 3.63) is 11.6 Å². The average Bonchev–Trinajstić information content (AvgIpc) is 2.75. The van der Waals surface area contributed by atoms with Gasteiger partial charge in [-0.3, -0.25) is 0 Å². The Balaban J connectivity index is 2.28. The van der Waals surface area contributed by atoms with E-state index in [1.807, 2.05) is 0 Å². The molecule has 0 aromatic rings. The molecule has 0 amide bonds. The molecule has 12 heavy (non-hydrogen) atoms. The van der Waals surface area contributed by atoms with Crippen LogP contribution in [0, 0.1) is 5.92 Å². The maximum absolute atomic E-state index is 5.71. The lowest BCUT2D eigenvalue weighted by molar-refractivity contribution is 0.766. The Hall–Kier alpha value is -0.340. The van der Waals surface area contributed by atoms with E-state index in [0.29, 0.717) is 18.5 Å². The average molecular weight is 168 g/mol. The van der Waals surface area contributed by atoms with Gasteiger partial charge in [0.05, 0.1) is 0 Å². The van der Waals surface area contributed by atoms with E-state index in [1.54, 1.807) is 0 Å². The van der Waals surface area contributed by atoms with Crippen molar-refractivity contribution in [2.45, 2.75) is 38.6 Å². The first kappa shape index (κ1) is 9.75. The Bertz CT molecular complexity index is 163. The zero-order chi connectivity index (χ0) is 8.97. The van der Waals surface area contributed by atoms with Gasteiger partial charge in [-0.15, -0.1) is 0 Å². The molecular formula is C10H20N2. The number of unbranched alkanes of at least 4 members (excludes halogenated alkanes) is 1. The Labute approximate surface area is 75.0 Å². The summed E-state index contributed by atoms with van der Waals surface area (Å²) in [5.74, 6) is 0.639. The van der Waals surface area contributed by atoms with E-state index in [1.165, 1.54) is 18.4 Å². The Kier molecular flexibility index (Phi) is 3.76. The first-order valence-electron chi connectivity index (χ1n) is 4.93. The Morgan fingerprint density at radius 2 is 2.25 bits per heavy atom. The summed E-state index contributed by atoms with van der Waals surface area (Å²) in [5, 5.41) is 0. The number of nitrogens with two attached hydrogens (primary N) is 2. The highest BCUT2D eigenvalue weighted by Gasteiger charge is 2.31. The molecule has 1 rings (SSSR count). The first-order valence-corrected chi connectivity index (χ1v) is 4.93. The lowest BCUT2D eigenvalue weighted by Gasteiger charge is -2.02. The van der Waals surface area contributed by atoms with Gasteiger partial charge in [0.2, 0.25) is 0 Å². The second-order valence-electron chi connectivity index (χ2n) is 3.70. The summed E-state index contributed by atoms with van der Waals surface area (Å²) in [5.41, 5.74) is 12.7. The fourth-order valence-corrected chi connectivity index (χ4v) is 1.39. The summed E-state index contributed by atoms with van der Waals surface area (Å²) in [7, 11) is 0. The third kappa shape index (κ3) is 2.95. The van der Waals surface area contributed by atoms with E-state index >= 15 is 0 Å². The van der Waals surface area contributed by atoms with Crippen molar-refractivity contribution in [3.63, 3.8) is 0 Å². The zero-order valence-electron chi connectivity index (χ0n) is 7.92. The van der Waals surface area contributed by atoms with Gasteiger partial charge in [0.1, 0.15) is 0 Å². The monoisotopic (exact) mass is 168 g/mol. The molecule has 0 aromatic carbocycles. The second kappa shape index (κ2) is 4.63. The van der Waals surface area contributed by atoms with Crippen molar-refractivity contribution in [2.24, 2.45) is 17.4 Å². The molecule has 1 aliphatic carbocycles. The SMILES string of the molecule is CCCC/C(=C/C1C[C@@H]1N)CN. The van der Waals surface area contributed by atoms with Crippen molar-refractivity contribution in [3.8, 4) is 0 Å². The van der Waals surface area contributed by atoms with Crippen LogP contribution < -0.4 is 11.5 Å². The van der Waals surface area contributed by atoms with Crippen molar-refractivity contribution >= 4 is 0 Å². The standard InChI is InChI=1S/C10H20N2/c1-2-3-4-8(7-11)5-9-6-10(9)12/h5,9-10H,2-4,6-7,11-12H2,1H3/b8-5-/t9?,10-/m0/s1. The molecule has 4 N–H and O–H groups in total. The quantitative estimate of drug-likeness (QED) is 0.610. The summed E-state index contributed by atoms with van der Waals surface area (Å²) in [4.78, 5) is 0. The summed E-state index contributed by atoms with van der Waals surface area (Å²) in [6.45, 7) is 2.92. The summed E-state index contributed by atoms with van der Waals surface area (Å²) in [6.07, 6.45) is 7.12. The topological polar surface area (TPSA) is 52.0 Å². The third-order valence-electron chi connectivity index (χ3n) is 2.45. The van der Waals surface area contributed by atoms with Crippen LogP contribution in [0.3, 0.4) is 0 Å². The van der Waals surface area contributed by atoms with Crippen molar-refractivity contribution < 1.29 is 0 Å². The van der Waals surface area contributed by atoms with Crippen LogP contribution in [0.1, 0.15) is 32.6 Å². The van der Waals surface area contributed by atoms with E-state index < -0.39 is 0 Å². The van der Waals surface area contributed by atoms with Gasteiger partial charge in [-0.1, -0.05) is 25.0 Å². The van der Waals surface area contributed by atoms with Crippen LogP contribution >= 0.6 is 0 Å². The molecule has 2 nitrogen and oxygen atoms in total. The zero-order valence-corrected chi connectivity index (χ0v) is 7.92. The van der Waals surface area contributed by atoms with Gasteiger partial charge >= 0.3 is 0 Å².